The van der Waals surface area contributed by atoms with E-state index in [-0.39, 0.29) is 11.6 Å². The number of aromatic amines is 1. The molecule has 2 aromatic carbocycles. The van der Waals surface area contributed by atoms with E-state index in [0.717, 1.165) is 53.3 Å². The molecule has 38 heavy (non-hydrogen) atoms. The number of fused-ring (bicyclic) bond motifs is 1. The lowest BCUT2D eigenvalue weighted by atomic mass is 10.0. The number of nitrogens with zero attached hydrogens (tertiary/aromatic N) is 6. The van der Waals surface area contributed by atoms with Gasteiger partial charge in [0, 0.05) is 31.0 Å². The molecule has 1 fully saturated rings. The van der Waals surface area contributed by atoms with Crippen LogP contribution in [-0.2, 0) is 13.1 Å². The van der Waals surface area contributed by atoms with Gasteiger partial charge in [-0.25, -0.2) is 4.68 Å². The van der Waals surface area contributed by atoms with Crippen molar-refractivity contribution in [1.82, 2.24) is 35.1 Å². The summed E-state index contributed by atoms with van der Waals surface area (Å²) in [5.74, 6) is 0.703. The molecule has 0 spiro atoms. The lowest BCUT2D eigenvalue weighted by molar-refractivity contribution is 0.190. The minimum absolute atomic E-state index is 0.123. The second kappa shape index (κ2) is 10.7. The smallest absolute Gasteiger partial charge is 0.253 e. The van der Waals surface area contributed by atoms with E-state index in [1.54, 1.807) is 6.20 Å². The van der Waals surface area contributed by atoms with E-state index < -0.39 is 6.04 Å². The van der Waals surface area contributed by atoms with E-state index in [2.05, 4.69) is 48.6 Å². The van der Waals surface area contributed by atoms with Gasteiger partial charge in [-0.15, -0.1) is 5.10 Å². The molecule has 192 valence electrons. The van der Waals surface area contributed by atoms with Crippen molar-refractivity contribution in [2.45, 2.75) is 57.8 Å². The van der Waals surface area contributed by atoms with Crippen LogP contribution in [-0.4, -0.2) is 35.1 Å². The van der Waals surface area contributed by atoms with E-state index in [9.17, 15) is 4.79 Å². The zero-order valence-corrected chi connectivity index (χ0v) is 21.5. The first-order valence-corrected chi connectivity index (χ1v) is 13.2. The molecule has 1 aliphatic rings. The van der Waals surface area contributed by atoms with Gasteiger partial charge >= 0.3 is 0 Å². The normalized spacial score (nSPS) is 14.9. The van der Waals surface area contributed by atoms with E-state index in [4.69, 9.17) is 0 Å². The SMILES string of the molecule is Cc1cccc2cc(C(c3nnnn3C3CCCC3)N(Cc3ccccc3)Cc3cccnc3)c(=O)[nH]c12. The number of aromatic nitrogens is 6. The lowest BCUT2D eigenvalue weighted by Gasteiger charge is -2.32. The number of para-hydroxylation sites is 1. The minimum atomic E-state index is -0.459. The van der Waals surface area contributed by atoms with Crippen LogP contribution in [0.2, 0.25) is 0 Å². The Balaban J connectivity index is 1.54. The van der Waals surface area contributed by atoms with E-state index in [1.807, 2.05) is 66.3 Å². The highest BCUT2D eigenvalue weighted by Crippen LogP contribution is 2.35. The maximum absolute atomic E-state index is 13.8. The highest BCUT2D eigenvalue weighted by molar-refractivity contribution is 5.82. The third kappa shape index (κ3) is 4.87. The fraction of sp³-hybridized carbons (Fsp3) is 0.300. The van der Waals surface area contributed by atoms with Crippen molar-refractivity contribution < 1.29 is 0 Å². The zero-order chi connectivity index (χ0) is 25.9. The van der Waals surface area contributed by atoms with Gasteiger partial charge in [0.25, 0.3) is 5.56 Å². The number of H-pyrrole nitrogens is 1. The standard InChI is InChI=1S/C30H31N7O/c1-21-9-7-13-24-17-26(30(38)32-27(21)24)28(29-33-34-35-37(29)25-14-5-6-15-25)36(19-22-10-3-2-4-11-22)20-23-12-8-16-31-18-23/h2-4,7-13,16-18,25,28H,5-6,14-15,19-20H2,1H3,(H,32,38). The van der Waals surface area contributed by atoms with Crippen LogP contribution in [0.1, 0.15) is 65.8 Å². The van der Waals surface area contributed by atoms with Gasteiger partial charge in [0.15, 0.2) is 5.82 Å². The summed E-state index contributed by atoms with van der Waals surface area (Å²) in [6.07, 6.45) is 8.06. The van der Waals surface area contributed by atoms with Gasteiger partial charge < -0.3 is 4.98 Å². The summed E-state index contributed by atoms with van der Waals surface area (Å²) in [6.45, 7) is 3.21. The number of hydrogen-bond acceptors (Lipinski definition) is 6. The number of tetrazole rings is 1. The van der Waals surface area contributed by atoms with Gasteiger partial charge in [-0.05, 0) is 64.4 Å². The van der Waals surface area contributed by atoms with Gasteiger partial charge in [-0.1, -0.05) is 67.4 Å². The molecule has 8 nitrogen and oxygen atoms in total. The molecule has 0 saturated heterocycles. The van der Waals surface area contributed by atoms with Crippen LogP contribution in [0.3, 0.4) is 0 Å². The molecule has 1 unspecified atom stereocenters. The molecule has 0 aliphatic heterocycles. The molecule has 1 atom stereocenters. The van der Waals surface area contributed by atoms with Crippen LogP contribution < -0.4 is 5.56 Å². The average molecular weight is 506 g/mol. The second-order valence-corrected chi connectivity index (χ2v) is 10.2. The predicted molar refractivity (Wildman–Crippen MR) is 146 cm³/mol. The van der Waals surface area contributed by atoms with Crippen molar-refractivity contribution >= 4 is 10.9 Å². The first-order chi connectivity index (χ1) is 18.7. The summed E-state index contributed by atoms with van der Waals surface area (Å²) >= 11 is 0. The van der Waals surface area contributed by atoms with Crippen LogP contribution in [0, 0.1) is 6.92 Å². The first kappa shape index (κ1) is 24.2. The van der Waals surface area contributed by atoms with E-state index in [0.29, 0.717) is 24.5 Å². The van der Waals surface area contributed by atoms with Crippen molar-refractivity contribution in [3.8, 4) is 0 Å². The second-order valence-electron chi connectivity index (χ2n) is 10.2. The molecule has 1 N–H and O–H groups in total. The molecule has 0 radical (unpaired) electrons. The Morgan fingerprint density at radius 1 is 1.00 bits per heavy atom. The summed E-state index contributed by atoms with van der Waals surface area (Å²) in [5.41, 5.74) is 4.61. The molecule has 1 aliphatic carbocycles. The fourth-order valence-corrected chi connectivity index (χ4v) is 5.67. The molecule has 1 saturated carbocycles. The van der Waals surface area contributed by atoms with Gasteiger partial charge in [-0.3, -0.25) is 14.7 Å². The van der Waals surface area contributed by atoms with Gasteiger partial charge in [-0.2, -0.15) is 0 Å². The maximum Gasteiger partial charge on any atom is 0.253 e. The number of pyridine rings is 2. The van der Waals surface area contributed by atoms with Crippen LogP contribution in [0.5, 0.6) is 0 Å². The van der Waals surface area contributed by atoms with Crippen molar-refractivity contribution in [3.63, 3.8) is 0 Å². The molecule has 3 aromatic heterocycles. The third-order valence-electron chi connectivity index (χ3n) is 7.55. The molecule has 0 bridgehead atoms. The molecular formula is C30H31N7O. The van der Waals surface area contributed by atoms with Crippen molar-refractivity contribution in [1.29, 1.82) is 0 Å². The number of nitrogens with one attached hydrogen (secondary N) is 1. The van der Waals surface area contributed by atoms with Gasteiger partial charge in [0.1, 0.15) is 6.04 Å². The van der Waals surface area contributed by atoms with Crippen LogP contribution in [0.4, 0.5) is 0 Å². The number of aryl methyl sites for hydroxylation is 1. The largest absolute Gasteiger partial charge is 0.321 e. The zero-order valence-electron chi connectivity index (χ0n) is 21.5. The number of rotatable bonds is 8. The van der Waals surface area contributed by atoms with Crippen LogP contribution in [0.25, 0.3) is 10.9 Å². The first-order valence-electron chi connectivity index (χ1n) is 13.2. The highest BCUT2D eigenvalue weighted by atomic mass is 16.1. The highest BCUT2D eigenvalue weighted by Gasteiger charge is 2.33. The van der Waals surface area contributed by atoms with Crippen molar-refractivity contribution in [2.24, 2.45) is 0 Å². The number of benzene rings is 2. The molecular weight excluding hydrogens is 474 g/mol. The van der Waals surface area contributed by atoms with Gasteiger partial charge in [0.05, 0.1) is 11.6 Å². The Hall–Kier alpha value is -4.17. The maximum atomic E-state index is 13.8. The van der Waals surface area contributed by atoms with Crippen molar-refractivity contribution in [3.05, 3.63) is 118 Å². The minimum Gasteiger partial charge on any atom is -0.321 e. The van der Waals surface area contributed by atoms with Crippen molar-refractivity contribution in [2.75, 3.05) is 0 Å². The Labute approximate surface area is 221 Å². The summed E-state index contributed by atoms with van der Waals surface area (Å²) in [6, 6.07) is 22.2. The topological polar surface area (TPSA) is 92.6 Å². The summed E-state index contributed by atoms with van der Waals surface area (Å²) in [7, 11) is 0. The lowest BCUT2D eigenvalue weighted by Crippen LogP contribution is -2.35. The Morgan fingerprint density at radius 2 is 1.79 bits per heavy atom. The quantitative estimate of drug-likeness (QED) is 0.315. The Kier molecular flexibility index (Phi) is 6.79. The van der Waals surface area contributed by atoms with Gasteiger partial charge in [0.2, 0.25) is 0 Å². The molecule has 5 aromatic rings. The Bertz CT molecular complexity index is 1530. The molecule has 6 rings (SSSR count). The fourth-order valence-electron chi connectivity index (χ4n) is 5.67. The molecule has 8 heteroatoms. The van der Waals surface area contributed by atoms with Crippen LogP contribution >= 0.6 is 0 Å². The summed E-state index contributed by atoms with van der Waals surface area (Å²) < 4.78 is 1.97. The van der Waals surface area contributed by atoms with E-state index in [1.165, 1.54) is 0 Å². The molecule has 0 amide bonds. The third-order valence-corrected chi connectivity index (χ3v) is 7.55. The predicted octanol–water partition coefficient (Wildman–Crippen LogP) is 5.12. The summed E-state index contributed by atoms with van der Waals surface area (Å²) in [4.78, 5) is 23.6. The summed E-state index contributed by atoms with van der Waals surface area (Å²) in [5, 5.41) is 14.1. The molecule has 3 heterocycles. The average Bonchev–Trinajstić information content (AvgIpc) is 3.64. The van der Waals surface area contributed by atoms with Crippen LogP contribution in [0.15, 0.2) is 83.9 Å². The number of hydrogen-bond donors (Lipinski definition) is 1. The van der Waals surface area contributed by atoms with E-state index >= 15 is 0 Å². The monoisotopic (exact) mass is 505 g/mol. The Morgan fingerprint density at radius 3 is 2.58 bits per heavy atom.